The molecule has 0 N–H and O–H groups in total. The van der Waals surface area contributed by atoms with Crippen LogP contribution >= 0.6 is 0 Å². The summed E-state index contributed by atoms with van der Waals surface area (Å²) in [6.07, 6.45) is 72.2. The molecule has 6 nitrogen and oxygen atoms in total. The first kappa shape index (κ1) is 66.1. The zero-order chi connectivity index (χ0) is 50.0. The van der Waals surface area contributed by atoms with Crippen molar-refractivity contribution < 1.29 is 28.6 Å². The van der Waals surface area contributed by atoms with Gasteiger partial charge in [0.1, 0.15) is 13.2 Å². The Morgan fingerprint density at radius 3 is 0.841 bits per heavy atom. The molecule has 1 atom stereocenters. The van der Waals surface area contributed by atoms with E-state index in [0.717, 1.165) is 96.3 Å². The molecule has 1 unspecified atom stereocenters. The van der Waals surface area contributed by atoms with Crippen molar-refractivity contribution in [3.05, 3.63) is 60.8 Å². The molecule has 0 saturated heterocycles. The average Bonchev–Trinajstić information content (AvgIpc) is 3.35. The number of hydrogen-bond acceptors (Lipinski definition) is 6. The lowest BCUT2D eigenvalue weighted by Crippen LogP contribution is -2.30. The summed E-state index contributed by atoms with van der Waals surface area (Å²) in [5, 5.41) is 0. The molecular formula is C63H112O6. The van der Waals surface area contributed by atoms with Gasteiger partial charge in [0, 0.05) is 19.3 Å². The molecule has 0 aliphatic carbocycles. The number of esters is 3. The topological polar surface area (TPSA) is 78.9 Å². The van der Waals surface area contributed by atoms with Gasteiger partial charge >= 0.3 is 17.9 Å². The van der Waals surface area contributed by atoms with Gasteiger partial charge in [-0.1, -0.05) is 255 Å². The molecule has 0 aliphatic heterocycles. The molecule has 0 aromatic heterocycles. The molecule has 0 aromatic rings. The molecule has 6 heteroatoms. The lowest BCUT2D eigenvalue weighted by atomic mass is 10.1. The van der Waals surface area contributed by atoms with Gasteiger partial charge in [-0.3, -0.25) is 14.4 Å². The molecule has 0 spiro atoms. The number of rotatable bonds is 54. The molecule has 0 rings (SSSR count). The fourth-order valence-electron chi connectivity index (χ4n) is 8.48. The fraction of sp³-hybridized carbons (Fsp3) is 0.794. The Kier molecular flexibility index (Phi) is 55.3. The van der Waals surface area contributed by atoms with Crippen LogP contribution in [0.2, 0.25) is 0 Å². The summed E-state index contributed by atoms with van der Waals surface area (Å²) >= 11 is 0. The van der Waals surface area contributed by atoms with Crippen molar-refractivity contribution in [3.63, 3.8) is 0 Å². The highest BCUT2D eigenvalue weighted by Crippen LogP contribution is 2.16. The van der Waals surface area contributed by atoms with Gasteiger partial charge in [0.25, 0.3) is 0 Å². The molecule has 0 aliphatic rings. The van der Waals surface area contributed by atoms with Gasteiger partial charge in [-0.2, -0.15) is 0 Å². The number of ether oxygens (including phenoxy) is 3. The van der Waals surface area contributed by atoms with E-state index in [1.165, 1.54) is 167 Å². The Morgan fingerprint density at radius 2 is 0.522 bits per heavy atom. The summed E-state index contributed by atoms with van der Waals surface area (Å²) in [6, 6.07) is 0. The van der Waals surface area contributed by atoms with E-state index in [1.54, 1.807) is 0 Å². The first-order chi connectivity index (χ1) is 34.0. The first-order valence-corrected chi connectivity index (χ1v) is 29.8. The number of unbranched alkanes of at least 4 members (excludes halogenated alkanes) is 33. The van der Waals surface area contributed by atoms with Gasteiger partial charge < -0.3 is 14.2 Å². The molecule has 0 heterocycles. The Hall–Kier alpha value is -2.89. The van der Waals surface area contributed by atoms with Crippen LogP contribution in [0.1, 0.15) is 303 Å². The van der Waals surface area contributed by atoms with E-state index in [4.69, 9.17) is 14.2 Å². The summed E-state index contributed by atoms with van der Waals surface area (Å²) in [6.45, 7) is 6.60. The second-order valence-electron chi connectivity index (χ2n) is 19.9. The molecule has 0 amide bonds. The van der Waals surface area contributed by atoms with Crippen molar-refractivity contribution in [3.8, 4) is 0 Å². The van der Waals surface area contributed by atoms with Crippen molar-refractivity contribution >= 4 is 17.9 Å². The standard InChI is InChI=1S/C63H112O6/c1-4-7-10-13-16-19-22-24-26-27-28-29-30-31-32-33-34-35-37-38-41-44-47-50-53-56-62(65)68-59-60(58-67-61(64)55-52-49-46-43-40-21-18-15-12-9-6-3)69-63(66)57-54-51-48-45-42-39-36-25-23-20-17-14-11-8-5-2/h17,20,22,24-25,27-28,30-31,36,60H,4-16,18-19,21,23,26,29,32-35,37-59H2,1-3H3/b20-17-,24-22-,28-27-,31-30-,36-25-. The van der Waals surface area contributed by atoms with Crippen LogP contribution in [-0.2, 0) is 28.6 Å². The molecule has 69 heavy (non-hydrogen) atoms. The van der Waals surface area contributed by atoms with Crippen LogP contribution in [0.4, 0.5) is 0 Å². The maximum atomic E-state index is 12.8. The van der Waals surface area contributed by atoms with E-state index in [9.17, 15) is 14.4 Å². The monoisotopic (exact) mass is 965 g/mol. The van der Waals surface area contributed by atoms with Crippen LogP contribution in [0.15, 0.2) is 60.8 Å². The number of carbonyl (C=O) groups excluding carboxylic acids is 3. The van der Waals surface area contributed by atoms with Crippen LogP contribution in [0.5, 0.6) is 0 Å². The van der Waals surface area contributed by atoms with E-state index in [-0.39, 0.29) is 31.1 Å². The predicted octanol–water partition coefficient (Wildman–Crippen LogP) is 20.0. The summed E-state index contributed by atoms with van der Waals surface area (Å²) in [5.41, 5.74) is 0. The van der Waals surface area contributed by atoms with E-state index in [2.05, 4.69) is 81.5 Å². The van der Waals surface area contributed by atoms with Crippen LogP contribution < -0.4 is 0 Å². The molecule has 0 aromatic carbocycles. The largest absolute Gasteiger partial charge is 0.462 e. The van der Waals surface area contributed by atoms with Crippen molar-refractivity contribution in [2.24, 2.45) is 0 Å². The van der Waals surface area contributed by atoms with Crippen molar-refractivity contribution in [1.82, 2.24) is 0 Å². The predicted molar refractivity (Wildman–Crippen MR) is 298 cm³/mol. The zero-order valence-electron chi connectivity index (χ0n) is 45.8. The Balaban J connectivity index is 4.27. The third-order valence-corrected chi connectivity index (χ3v) is 13.0. The van der Waals surface area contributed by atoms with Gasteiger partial charge in [-0.15, -0.1) is 0 Å². The second kappa shape index (κ2) is 57.7. The smallest absolute Gasteiger partial charge is 0.306 e. The van der Waals surface area contributed by atoms with Crippen LogP contribution in [0.25, 0.3) is 0 Å². The van der Waals surface area contributed by atoms with Crippen LogP contribution in [0.3, 0.4) is 0 Å². The zero-order valence-corrected chi connectivity index (χ0v) is 45.8. The Bertz CT molecular complexity index is 1250. The molecule has 0 fully saturated rings. The minimum absolute atomic E-state index is 0.0786. The quantitative estimate of drug-likeness (QED) is 0.0262. The third kappa shape index (κ3) is 55.9. The summed E-state index contributed by atoms with van der Waals surface area (Å²) < 4.78 is 16.8. The van der Waals surface area contributed by atoms with Crippen molar-refractivity contribution in [2.75, 3.05) is 13.2 Å². The highest BCUT2D eigenvalue weighted by atomic mass is 16.6. The maximum absolute atomic E-state index is 12.8. The Labute approximate surface area is 428 Å². The molecular weight excluding hydrogens is 853 g/mol. The van der Waals surface area contributed by atoms with Crippen molar-refractivity contribution in [1.29, 1.82) is 0 Å². The van der Waals surface area contributed by atoms with E-state index < -0.39 is 6.10 Å². The summed E-state index contributed by atoms with van der Waals surface area (Å²) in [7, 11) is 0. The van der Waals surface area contributed by atoms with Gasteiger partial charge in [-0.25, -0.2) is 0 Å². The van der Waals surface area contributed by atoms with Gasteiger partial charge in [0.05, 0.1) is 0 Å². The van der Waals surface area contributed by atoms with Crippen molar-refractivity contribution in [2.45, 2.75) is 309 Å². The van der Waals surface area contributed by atoms with Crippen LogP contribution in [-0.4, -0.2) is 37.2 Å². The molecule has 0 bridgehead atoms. The SMILES string of the molecule is CCCCC/C=C\C/C=C\CCCCCCCC(=O)OC(COC(=O)CCCCCCCCCCCCC)COC(=O)CCCCCCCCCCCC/C=C\C/C=C\C/C=C\CCCCCCC. The van der Waals surface area contributed by atoms with E-state index in [1.807, 2.05) is 0 Å². The second-order valence-corrected chi connectivity index (χ2v) is 19.9. The first-order valence-electron chi connectivity index (χ1n) is 29.8. The number of allylic oxidation sites excluding steroid dienone is 10. The highest BCUT2D eigenvalue weighted by Gasteiger charge is 2.19. The molecule has 400 valence electrons. The minimum atomic E-state index is -0.781. The van der Waals surface area contributed by atoms with Gasteiger partial charge in [-0.05, 0) is 89.9 Å². The van der Waals surface area contributed by atoms with Gasteiger partial charge in [0.15, 0.2) is 6.10 Å². The van der Waals surface area contributed by atoms with Gasteiger partial charge in [0.2, 0.25) is 0 Å². The van der Waals surface area contributed by atoms with E-state index in [0.29, 0.717) is 19.3 Å². The average molecular weight is 966 g/mol. The summed E-state index contributed by atoms with van der Waals surface area (Å²) in [4.78, 5) is 38.1. The Morgan fingerprint density at radius 1 is 0.290 bits per heavy atom. The molecule has 0 saturated carbocycles. The highest BCUT2D eigenvalue weighted by molar-refractivity contribution is 5.71. The lowest BCUT2D eigenvalue weighted by Gasteiger charge is -2.18. The van der Waals surface area contributed by atoms with Crippen LogP contribution in [0, 0.1) is 0 Å². The number of hydrogen-bond donors (Lipinski definition) is 0. The summed E-state index contributed by atoms with van der Waals surface area (Å²) in [5.74, 6) is -0.886. The normalized spacial score (nSPS) is 12.4. The maximum Gasteiger partial charge on any atom is 0.306 e. The van der Waals surface area contributed by atoms with E-state index >= 15 is 0 Å². The lowest BCUT2D eigenvalue weighted by molar-refractivity contribution is -0.167. The number of carbonyl (C=O) groups is 3. The fourth-order valence-corrected chi connectivity index (χ4v) is 8.48. The minimum Gasteiger partial charge on any atom is -0.462 e. The third-order valence-electron chi connectivity index (χ3n) is 13.0. The molecule has 0 radical (unpaired) electrons.